The third kappa shape index (κ3) is 3.71. The predicted octanol–water partition coefficient (Wildman–Crippen LogP) is -4.74. The van der Waals surface area contributed by atoms with Crippen molar-refractivity contribution < 1.29 is 54.7 Å². The largest absolute Gasteiger partial charge is 0.394 e. The first-order valence-corrected chi connectivity index (χ1v) is 7.46. The zero-order valence-electron chi connectivity index (χ0n) is 13.0. The highest BCUT2D eigenvalue weighted by atomic mass is 16.7. The van der Waals surface area contributed by atoms with Crippen LogP contribution in [-0.4, -0.2) is 117 Å². The number of aliphatic hydroxyl groups excluding tert-OH is 7. The van der Waals surface area contributed by atoms with Crippen LogP contribution in [-0.2, 0) is 18.9 Å². The molecule has 24 heavy (non-hydrogen) atoms. The SMILES string of the molecule is COC1OC(CO)C(OC2OC(CO)C(O)C(O)C2O)C(O)C1O. The molecule has 2 heterocycles. The molecule has 0 saturated carbocycles. The summed E-state index contributed by atoms with van der Waals surface area (Å²) in [6.45, 7) is -1.24. The van der Waals surface area contributed by atoms with Crippen molar-refractivity contribution in [2.75, 3.05) is 20.3 Å². The Morgan fingerprint density at radius 3 is 1.79 bits per heavy atom. The van der Waals surface area contributed by atoms with Gasteiger partial charge in [0.1, 0.15) is 48.8 Å². The second-order valence-corrected chi connectivity index (χ2v) is 5.74. The summed E-state index contributed by atoms with van der Waals surface area (Å²) in [5.74, 6) is 0. The molecule has 0 aromatic heterocycles. The number of aliphatic hydroxyl groups is 7. The Labute approximate surface area is 137 Å². The van der Waals surface area contributed by atoms with E-state index in [0.29, 0.717) is 0 Å². The van der Waals surface area contributed by atoms with Gasteiger partial charge in [-0.05, 0) is 0 Å². The van der Waals surface area contributed by atoms with E-state index in [-0.39, 0.29) is 0 Å². The summed E-state index contributed by atoms with van der Waals surface area (Å²) in [5.41, 5.74) is 0. The van der Waals surface area contributed by atoms with E-state index in [1.165, 1.54) is 7.11 Å². The van der Waals surface area contributed by atoms with Crippen LogP contribution in [0.1, 0.15) is 0 Å². The van der Waals surface area contributed by atoms with E-state index in [4.69, 9.17) is 24.1 Å². The zero-order valence-corrected chi connectivity index (χ0v) is 13.0. The molecule has 2 aliphatic rings. The molecule has 2 fully saturated rings. The van der Waals surface area contributed by atoms with Crippen molar-refractivity contribution in [2.45, 2.75) is 61.4 Å². The van der Waals surface area contributed by atoms with Crippen LogP contribution in [0.15, 0.2) is 0 Å². The topological polar surface area (TPSA) is 179 Å². The summed E-state index contributed by atoms with van der Waals surface area (Å²) in [6, 6.07) is 0. The van der Waals surface area contributed by atoms with Gasteiger partial charge in [-0.25, -0.2) is 0 Å². The van der Waals surface area contributed by atoms with Gasteiger partial charge in [0.15, 0.2) is 12.6 Å². The number of ether oxygens (including phenoxy) is 4. The summed E-state index contributed by atoms with van der Waals surface area (Å²) in [5, 5.41) is 68.0. The molecule has 11 nitrogen and oxygen atoms in total. The standard InChI is InChI=1S/C13H24O11/c1-21-12-10(20)8(18)11(5(3-15)23-12)24-13-9(19)7(17)6(16)4(2-14)22-13/h4-20H,2-3H2,1H3. The van der Waals surface area contributed by atoms with Crippen molar-refractivity contribution in [3.8, 4) is 0 Å². The van der Waals surface area contributed by atoms with Crippen LogP contribution in [0.2, 0.25) is 0 Å². The molecule has 0 radical (unpaired) electrons. The first-order valence-electron chi connectivity index (χ1n) is 7.46. The number of rotatable bonds is 5. The molecule has 10 atom stereocenters. The quantitative estimate of drug-likeness (QED) is 0.251. The lowest BCUT2D eigenvalue weighted by Crippen LogP contribution is -2.64. The monoisotopic (exact) mass is 356 g/mol. The molecule has 2 rings (SSSR count). The first-order chi connectivity index (χ1) is 11.3. The molecule has 0 aliphatic carbocycles. The highest BCUT2D eigenvalue weighted by Crippen LogP contribution is 2.29. The second-order valence-electron chi connectivity index (χ2n) is 5.74. The Bertz CT molecular complexity index is 392. The van der Waals surface area contributed by atoms with Crippen molar-refractivity contribution in [1.82, 2.24) is 0 Å². The van der Waals surface area contributed by atoms with Gasteiger partial charge in [0, 0.05) is 7.11 Å². The van der Waals surface area contributed by atoms with Crippen molar-refractivity contribution >= 4 is 0 Å². The van der Waals surface area contributed by atoms with Gasteiger partial charge in [-0.1, -0.05) is 0 Å². The fourth-order valence-electron chi connectivity index (χ4n) is 2.75. The van der Waals surface area contributed by atoms with Gasteiger partial charge >= 0.3 is 0 Å². The Morgan fingerprint density at radius 1 is 0.708 bits per heavy atom. The average molecular weight is 356 g/mol. The Hall–Kier alpha value is -0.440. The second kappa shape index (κ2) is 8.29. The van der Waals surface area contributed by atoms with Crippen LogP contribution in [0.25, 0.3) is 0 Å². The van der Waals surface area contributed by atoms with E-state index in [0.717, 1.165) is 0 Å². The van der Waals surface area contributed by atoms with Gasteiger partial charge < -0.3 is 54.7 Å². The molecule has 0 spiro atoms. The maximum Gasteiger partial charge on any atom is 0.187 e. The van der Waals surface area contributed by atoms with Gasteiger partial charge in [0.05, 0.1) is 13.2 Å². The highest BCUT2D eigenvalue weighted by Gasteiger charge is 2.50. The normalized spacial score (nSPS) is 50.0. The maximum absolute atomic E-state index is 10.2. The summed E-state index contributed by atoms with van der Waals surface area (Å²) < 4.78 is 20.6. The maximum atomic E-state index is 10.2. The van der Waals surface area contributed by atoms with Crippen LogP contribution in [0.4, 0.5) is 0 Å². The molecule has 0 amide bonds. The minimum atomic E-state index is -1.69. The lowest BCUT2D eigenvalue weighted by molar-refractivity contribution is -0.357. The molecular formula is C13H24O11. The van der Waals surface area contributed by atoms with Crippen LogP contribution in [0.3, 0.4) is 0 Å². The van der Waals surface area contributed by atoms with Crippen molar-refractivity contribution in [2.24, 2.45) is 0 Å². The number of methoxy groups -OCH3 is 1. The Kier molecular flexibility index (Phi) is 6.87. The molecule has 0 bridgehead atoms. The molecule has 0 aromatic rings. The first kappa shape index (κ1) is 19.9. The summed E-state index contributed by atoms with van der Waals surface area (Å²) in [7, 11) is 1.24. The number of hydrogen-bond donors (Lipinski definition) is 7. The number of hydrogen-bond acceptors (Lipinski definition) is 11. The van der Waals surface area contributed by atoms with Crippen LogP contribution >= 0.6 is 0 Å². The van der Waals surface area contributed by atoms with E-state index in [1.807, 2.05) is 0 Å². The third-order valence-electron chi connectivity index (χ3n) is 4.19. The van der Waals surface area contributed by atoms with E-state index in [9.17, 15) is 30.6 Å². The molecule has 2 aliphatic heterocycles. The third-order valence-corrected chi connectivity index (χ3v) is 4.19. The average Bonchev–Trinajstić information content (AvgIpc) is 2.59. The van der Waals surface area contributed by atoms with Crippen LogP contribution in [0.5, 0.6) is 0 Å². The van der Waals surface area contributed by atoms with Gasteiger partial charge in [-0.2, -0.15) is 0 Å². The highest BCUT2D eigenvalue weighted by molar-refractivity contribution is 4.93. The van der Waals surface area contributed by atoms with Crippen LogP contribution < -0.4 is 0 Å². The molecular weight excluding hydrogens is 332 g/mol. The van der Waals surface area contributed by atoms with Crippen molar-refractivity contribution in [1.29, 1.82) is 0 Å². The van der Waals surface area contributed by atoms with E-state index in [2.05, 4.69) is 0 Å². The summed E-state index contributed by atoms with van der Waals surface area (Å²) in [4.78, 5) is 0. The van der Waals surface area contributed by atoms with Gasteiger partial charge in [-0.3, -0.25) is 0 Å². The Morgan fingerprint density at radius 2 is 1.25 bits per heavy atom. The van der Waals surface area contributed by atoms with Crippen molar-refractivity contribution in [3.63, 3.8) is 0 Å². The van der Waals surface area contributed by atoms with Crippen molar-refractivity contribution in [3.05, 3.63) is 0 Å². The minimum absolute atomic E-state index is 0.592. The van der Waals surface area contributed by atoms with E-state index < -0.39 is 74.6 Å². The minimum Gasteiger partial charge on any atom is -0.394 e. The fraction of sp³-hybridized carbons (Fsp3) is 1.00. The fourth-order valence-corrected chi connectivity index (χ4v) is 2.75. The van der Waals surface area contributed by atoms with Gasteiger partial charge in [-0.15, -0.1) is 0 Å². The summed E-state index contributed by atoms with van der Waals surface area (Å²) in [6.07, 6.45) is -14.3. The molecule has 2 saturated heterocycles. The smallest absolute Gasteiger partial charge is 0.187 e. The predicted molar refractivity (Wildman–Crippen MR) is 73.4 cm³/mol. The molecule has 0 aromatic carbocycles. The lowest BCUT2D eigenvalue weighted by Gasteiger charge is -2.45. The summed E-state index contributed by atoms with van der Waals surface area (Å²) >= 11 is 0. The van der Waals surface area contributed by atoms with Crippen LogP contribution in [0, 0.1) is 0 Å². The van der Waals surface area contributed by atoms with E-state index >= 15 is 0 Å². The zero-order chi connectivity index (χ0) is 18.0. The molecule has 142 valence electrons. The van der Waals surface area contributed by atoms with Gasteiger partial charge in [0.2, 0.25) is 0 Å². The van der Waals surface area contributed by atoms with Gasteiger partial charge in [0.25, 0.3) is 0 Å². The molecule has 10 unspecified atom stereocenters. The lowest BCUT2D eigenvalue weighted by atomic mass is 9.97. The Balaban J connectivity index is 2.12. The van der Waals surface area contributed by atoms with E-state index in [1.54, 1.807) is 0 Å². The molecule has 11 heteroatoms. The molecule has 7 N–H and O–H groups in total.